The van der Waals surface area contributed by atoms with Gasteiger partial charge in [-0.25, -0.2) is 4.39 Å². The van der Waals surface area contributed by atoms with Gasteiger partial charge in [0.15, 0.2) is 11.8 Å². The van der Waals surface area contributed by atoms with Crippen molar-refractivity contribution in [1.82, 2.24) is 10.3 Å². The molecule has 3 rings (SSSR count). The fourth-order valence-electron chi connectivity index (χ4n) is 3.17. The number of carbonyl (C=O) groups excluding carboxylic acids is 1. The van der Waals surface area contributed by atoms with Gasteiger partial charge in [0.05, 0.1) is 24.8 Å². The highest BCUT2D eigenvalue weighted by Crippen LogP contribution is 2.42. The molecule has 1 aromatic rings. The number of nitrogens with zero attached hydrogens (tertiary/aromatic N) is 2. The Balaban J connectivity index is 1.76. The van der Waals surface area contributed by atoms with Crippen LogP contribution in [0, 0.1) is 23.2 Å². The molecule has 1 aromatic heterocycles. The first-order valence-electron chi connectivity index (χ1n) is 9.24. The van der Waals surface area contributed by atoms with Gasteiger partial charge in [0, 0.05) is 24.2 Å². The number of amides is 1. The number of hydrogen-bond acceptors (Lipinski definition) is 5. The number of aromatic nitrogens is 1. The third-order valence-electron chi connectivity index (χ3n) is 5.13. The molecule has 2 heterocycles. The third kappa shape index (κ3) is 4.78. The lowest BCUT2D eigenvalue weighted by Gasteiger charge is -2.35. The molecule has 1 N–H and O–H groups in total. The van der Waals surface area contributed by atoms with E-state index in [-0.39, 0.29) is 48.1 Å². The Morgan fingerprint density at radius 1 is 1.48 bits per heavy atom. The highest BCUT2D eigenvalue weighted by Gasteiger charge is 2.45. The van der Waals surface area contributed by atoms with Gasteiger partial charge in [0.1, 0.15) is 11.4 Å². The van der Waals surface area contributed by atoms with E-state index in [4.69, 9.17) is 14.7 Å². The van der Waals surface area contributed by atoms with Gasteiger partial charge >= 0.3 is 6.18 Å². The summed E-state index contributed by atoms with van der Waals surface area (Å²) in [4.78, 5) is 16.4. The van der Waals surface area contributed by atoms with Crippen molar-refractivity contribution in [2.24, 2.45) is 11.8 Å². The third-order valence-corrected chi connectivity index (χ3v) is 5.13. The molecule has 1 amide bonds. The molecule has 0 spiro atoms. The van der Waals surface area contributed by atoms with Crippen LogP contribution in [-0.4, -0.2) is 42.4 Å². The van der Waals surface area contributed by atoms with Crippen molar-refractivity contribution in [3.8, 4) is 11.8 Å². The number of alkyl halides is 4. The predicted octanol–water partition coefficient (Wildman–Crippen LogP) is 3.27. The Labute approximate surface area is 165 Å². The average Bonchev–Trinajstić information content (AvgIpc) is 3.36. The second kappa shape index (κ2) is 7.78. The van der Waals surface area contributed by atoms with Gasteiger partial charge in [-0.05, 0) is 32.6 Å². The highest BCUT2D eigenvalue weighted by molar-refractivity contribution is 5.92. The number of nitrogens with one attached hydrogen (secondary N) is 1. The van der Waals surface area contributed by atoms with Crippen molar-refractivity contribution in [3.63, 3.8) is 0 Å². The van der Waals surface area contributed by atoms with Crippen molar-refractivity contribution in [2.75, 3.05) is 13.2 Å². The van der Waals surface area contributed by atoms with E-state index in [0.29, 0.717) is 6.42 Å². The zero-order valence-electron chi connectivity index (χ0n) is 15.9. The fourth-order valence-corrected chi connectivity index (χ4v) is 3.17. The molecular formula is C19H21F4N3O3. The zero-order chi connectivity index (χ0) is 21.4. The first kappa shape index (κ1) is 21.3. The first-order chi connectivity index (χ1) is 13.5. The Morgan fingerprint density at radius 2 is 2.17 bits per heavy atom. The molecule has 1 saturated carbocycles. The maximum Gasteiger partial charge on any atom is 0.425 e. The van der Waals surface area contributed by atoms with Crippen molar-refractivity contribution < 1.29 is 31.8 Å². The molecule has 0 radical (unpaired) electrons. The summed E-state index contributed by atoms with van der Waals surface area (Å²) in [5, 5.41) is 11.5. The molecule has 1 aliphatic heterocycles. The van der Waals surface area contributed by atoms with Crippen LogP contribution in [0.4, 0.5) is 17.6 Å². The zero-order valence-corrected chi connectivity index (χ0v) is 15.9. The fraction of sp³-hybridized carbons (Fsp3) is 0.632. The van der Waals surface area contributed by atoms with Gasteiger partial charge in [0.2, 0.25) is 0 Å². The van der Waals surface area contributed by atoms with Crippen LogP contribution >= 0.6 is 0 Å². The lowest BCUT2D eigenvalue weighted by molar-refractivity contribution is -0.190. The summed E-state index contributed by atoms with van der Waals surface area (Å²) in [7, 11) is 0. The number of hydrogen-bond donors (Lipinski definition) is 1. The summed E-state index contributed by atoms with van der Waals surface area (Å²) in [6, 6.07) is 2.94. The minimum Gasteiger partial charge on any atom is -0.481 e. The molecule has 6 nitrogen and oxygen atoms in total. The SMILES string of the molecule is CC(CC1CC1C#N)NC(=O)c1cc(O[C@@H](C)C(F)(F)F)c(C2(F)COC2)cn1. The van der Waals surface area contributed by atoms with Crippen LogP contribution in [0.2, 0.25) is 0 Å². The maximum absolute atomic E-state index is 14.8. The minimum absolute atomic E-state index is 0.000980. The van der Waals surface area contributed by atoms with E-state index >= 15 is 0 Å². The molecule has 4 atom stereocenters. The molecule has 1 saturated heterocycles. The average molecular weight is 415 g/mol. The number of rotatable bonds is 7. The minimum atomic E-state index is -4.65. The van der Waals surface area contributed by atoms with Gasteiger partial charge in [-0.1, -0.05) is 0 Å². The van der Waals surface area contributed by atoms with Crippen molar-refractivity contribution in [2.45, 2.75) is 50.7 Å². The smallest absolute Gasteiger partial charge is 0.425 e. The summed E-state index contributed by atoms with van der Waals surface area (Å²) in [6.07, 6.45) is -4.42. The number of carbonyl (C=O) groups is 1. The van der Waals surface area contributed by atoms with E-state index in [1.807, 2.05) is 0 Å². The Bertz CT molecular complexity index is 820. The van der Waals surface area contributed by atoms with Gasteiger partial charge < -0.3 is 14.8 Å². The number of ether oxygens (including phenoxy) is 2. The number of pyridine rings is 1. The van der Waals surface area contributed by atoms with Crippen molar-refractivity contribution in [1.29, 1.82) is 5.26 Å². The van der Waals surface area contributed by atoms with Crippen molar-refractivity contribution >= 4 is 5.91 Å². The summed E-state index contributed by atoms with van der Waals surface area (Å²) in [6.45, 7) is 1.92. The molecule has 0 aromatic carbocycles. The number of halogens is 4. The Kier molecular flexibility index (Phi) is 5.72. The standard InChI is InChI=1S/C19H21F4N3O3/c1-10(3-12-4-13(12)6-24)26-17(27)15-5-16(29-11(2)19(21,22)23)14(7-25-15)18(20)8-28-9-18/h5,7,10-13H,3-4,8-9H2,1-2H3,(H,26,27)/t10?,11-,12?,13?/m0/s1. The second-order valence-corrected chi connectivity index (χ2v) is 7.67. The molecule has 3 unspecified atom stereocenters. The van der Waals surface area contributed by atoms with E-state index < -0.39 is 23.9 Å². The van der Waals surface area contributed by atoms with Gasteiger partial charge in [-0.15, -0.1) is 0 Å². The van der Waals surface area contributed by atoms with Crippen LogP contribution in [0.3, 0.4) is 0 Å². The molecule has 29 heavy (non-hydrogen) atoms. The molecule has 2 fully saturated rings. The summed E-state index contributed by atoms with van der Waals surface area (Å²) >= 11 is 0. The molecule has 2 aliphatic rings. The monoisotopic (exact) mass is 415 g/mol. The van der Waals surface area contributed by atoms with Gasteiger partial charge in [-0.3, -0.25) is 9.78 Å². The first-order valence-corrected chi connectivity index (χ1v) is 9.24. The van der Waals surface area contributed by atoms with Crippen LogP contribution in [-0.2, 0) is 10.4 Å². The van der Waals surface area contributed by atoms with Crippen molar-refractivity contribution in [3.05, 3.63) is 23.5 Å². The van der Waals surface area contributed by atoms with Crippen LogP contribution in [0.1, 0.15) is 42.7 Å². The summed E-state index contributed by atoms with van der Waals surface area (Å²) in [5.41, 5.74) is -2.37. The molecule has 1 aliphatic carbocycles. The van der Waals surface area contributed by atoms with E-state index in [1.54, 1.807) is 6.92 Å². The highest BCUT2D eigenvalue weighted by atomic mass is 19.4. The quantitative estimate of drug-likeness (QED) is 0.691. The van der Waals surface area contributed by atoms with Gasteiger partial charge in [0.25, 0.3) is 5.91 Å². The topological polar surface area (TPSA) is 84.2 Å². The van der Waals surface area contributed by atoms with E-state index in [0.717, 1.165) is 25.6 Å². The number of nitriles is 1. The van der Waals surface area contributed by atoms with Crippen LogP contribution < -0.4 is 10.1 Å². The van der Waals surface area contributed by atoms with Crippen LogP contribution in [0.15, 0.2) is 12.3 Å². The van der Waals surface area contributed by atoms with Gasteiger partial charge in [-0.2, -0.15) is 18.4 Å². The second-order valence-electron chi connectivity index (χ2n) is 7.67. The molecule has 0 bridgehead atoms. The molecule has 158 valence electrons. The maximum atomic E-state index is 14.8. The summed E-state index contributed by atoms with van der Waals surface area (Å²) in [5.74, 6) is -0.774. The van der Waals surface area contributed by atoms with Crippen LogP contribution in [0.25, 0.3) is 0 Å². The van der Waals surface area contributed by atoms with Crippen LogP contribution in [0.5, 0.6) is 5.75 Å². The van der Waals surface area contributed by atoms with E-state index in [2.05, 4.69) is 16.4 Å². The Morgan fingerprint density at radius 3 is 2.69 bits per heavy atom. The predicted molar refractivity (Wildman–Crippen MR) is 92.7 cm³/mol. The lowest BCUT2D eigenvalue weighted by Crippen LogP contribution is -2.43. The molecule has 10 heteroatoms. The molecular weight excluding hydrogens is 394 g/mol. The Hall–Kier alpha value is -2.41. The lowest BCUT2D eigenvalue weighted by atomic mass is 9.94. The summed E-state index contributed by atoms with van der Waals surface area (Å²) < 4.78 is 63.3. The normalized spacial score (nSPS) is 24.6. The van der Waals surface area contributed by atoms with E-state index in [9.17, 15) is 22.4 Å². The largest absolute Gasteiger partial charge is 0.481 e. The van der Waals surface area contributed by atoms with E-state index in [1.165, 1.54) is 0 Å².